The van der Waals surface area contributed by atoms with Crippen molar-refractivity contribution in [1.82, 2.24) is 14.9 Å². The number of carbonyl (C=O) groups excluding carboxylic acids is 1. The molecule has 3 heterocycles. The molecule has 34 heavy (non-hydrogen) atoms. The standard InChI is InChI=1S/C25H31F2N3O4/c1-13-4-5-15(23(31)29-17-6-7-21-22(11-17)34-25(26,27)33-21)9-18(13)19-10-16-12-28-14(2)8-20(16)30(3)24(19)32/h8,10,12-13,15,17-18,21-22H,4-7,9,11H2,1-3H3,(H,29,31). The molecule has 0 bridgehead atoms. The van der Waals surface area contributed by atoms with Crippen LogP contribution in [0.15, 0.2) is 23.1 Å². The minimum absolute atomic E-state index is 0.0325. The van der Waals surface area contributed by atoms with E-state index < -0.39 is 18.5 Å². The Labute approximate surface area is 196 Å². The number of fused-ring (bicyclic) bond motifs is 2. The summed E-state index contributed by atoms with van der Waals surface area (Å²) in [7, 11) is 1.78. The summed E-state index contributed by atoms with van der Waals surface area (Å²) in [5.41, 5.74) is 2.39. The summed E-state index contributed by atoms with van der Waals surface area (Å²) in [6, 6.07) is 3.63. The van der Waals surface area contributed by atoms with E-state index >= 15 is 0 Å². The Morgan fingerprint density at radius 2 is 1.91 bits per heavy atom. The third-order valence-electron chi connectivity index (χ3n) is 7.89. The van der Waals surface area contributed by atoms with Crippen LogP contribution in [0.1, 0.15) is 62.6 Å². The predicted octanol–water partition coefficient (Wildman–Crippen LogP) is 3.76. The SMILES string of the molecule is Cc1cc2c(cn1)cc(C1CC(C(=O)NC3CCC4OC(F)(F)OC4C3)CCC1C)c(=O)n2C. The van der Waals surface area contributed by atoms with Crippen molar-refractivity contribution in [2.24, 2.45) is 18.9 Å². The number of rotatable bonds is 3. The second kappa shape index (κ2) is 8.68. The normalized spacial score (nSPS) is 33.0. The zero-order valence-corrected chi connectivity index (χ0v) is 19.7. The third-order valence-corrected chi connectivity index (χ3v) is 7.89. The molecule has 6 unspecified atom stereocenters. The second-order valence-electron chi connectivity index (χ2n) is 10.2. The van der Waals surface area contributed by atoms with Crippen molar-refractivity contribution >= 4 is 16.8 Å². The van der Waals surface area contributed by atoms with Crippen molar-refractivity contribution in [1.29, 1.82) is 0 Å². The summed E-state index contributed by atoms with van der Waals surface area (Å²) in [6.45, 7) is 4.03. The average molecular weight is 476 g/mol. The fraction of sp³-hybridized carbons (Fsp3) is 0.640. The lowest BCUT2D eigenvalue weighted by Crippen LogP contribution is -2.46. The van der Waals surface area contributed by atoms with Crippen molar-refractivity contribution in [2.45, 2.75) is 82.8 Å². The van der Waals surface area contributed by atoms with E-state index in [4.69, 9.17) is 4.74 Å². The number of pyridine rings is 2. The molecule has 1 N–H and O–H groups in total. The van der Waals surface area contributed by atoms with Crippen molar-refractivity contribution in [3.05, 3.63) is 39.9 Å². The van der Waals surface area contributed by atoms with E-state index in [-0.39, 0.29) is 35.3 Å². The number of ether oxygens (including phenoxy) is 2. The average Bonchev–Trinajstić information content (AvgIpc) is 3.10. The topological polar surface area (TPSA) is 82.5 Å². The summed E-state index contributed by atoms with van der Waals surface area (Å²) in [6.07, 6.45) is 0.424. The Morgan fingerprint density at radius 3 is 2.71 bits per heavy atom. The van der Waals surface area contributed by atoms with Crippen molar-refractivity contribution in [3.63, 3.8) is 0 Å². The van der Waals surface area contributed by atoms with Crippen LogP contribution in [0.3, 0.4) is 0 Å². The van der Waals surface area contributed by atoms with Gasteiger partial charge in [0.25, 0.3) is 5.56 Å². The molecule has 3 fully saturated rings. The van der Waals surface area contributed by atoms with Gasteiger partial charge in [0.2, 0.25) is 5.91 Å². The fourth-order valence-electron chi connectivity index (χ4n) is 5.94. The molecule has 0 radical (unpaired) electrons. The smallest absolute Gasteiger partial charge is 0.353 e. The van der Waals surface area contributed by atoms with E-state index in [2.05, 4.69) is 22.0 Å². The molecule has 6 atom stereocenters. The van der Waals surface area contributed by atoms with E-state index in [1.54, 1.807) is 17.8 Å². The Hall–Kier alpha value is -2.39. The number of nitrogens with zero attached hydrogens (tertiary/aromatic N) is 2. The van der Waals surface area contributed by atoms with Crippen LogP contribution in [-0.2, 0) is 21.3 Å². The van der Waals surface area contributed by atoms with Gasteiger partial charge in [0.15, 0.2) is 0 Å². The number of alkyl halides is 2. The van der Waals surface area contributed by atoms with Crippen LogP contribution in [-0.4, -0.2) is 40.0 Å². The van der Waals surface area contributed by atoms with E-state index in [0.717, 1.165) is 35.0 Å². The van der Waals surface area contributed by atoms with Gasteiger partial charge in [-0.25, -0.2) is 0 Å². The van der Waals surface area contributed by atoms with Crippen LogP contribution in [0.25, 0.3) is 10.9 Å². The van der Waals surface area contributed by atoms with E-state index in [1.807, 2.05) is 19.1 Å². The summed E-state index contributed by atoms with van der Waals surface area (Å²) in [4.78, 5) is 30.8. The maximum Gasteiger partial charge on any atom is 0.486 e. The fourth-order valence-corrected chi connectivity index (χ4v) is 5.94. The maximum absolute atomic E-state index is 13.4. The summed E-state index contributed by atoms with van der Waals surface area (Å²) < 4.78 is 37.8. The largest absolute Gasteiger partial charge is 0.486 e. The molecule has 2 aromatic heterocycles. The van der Waals surface area contributed by atoms with Gasteiger partial charge in [0.05, 0.1) is 17.7 Å². The number of nitrogens with one attached hydrogen (secondary N) is 1. The van der Waals surface area contributed by atoms with Crippen LogP contribution in [0, 0.1) is 18.8 Å². The Bertz CT molecular complexity index is 1170. The minimum Gasteiger partial charge on any atom is -0.353 e. The van der Waals surface area contributed by atoms with Crippen LogP contribution in [0.4, 0.5) is 8.78 Å². The van der Waals surface area contributed by atoms with Crippen molar-refractivity contribution in [3.8, 4) is 0 Å². The van der Waals surface area contributed by atoms with Gasteiger partial charge in [-0.3, -0.25) is 24.0 Å². The monoisotopic (exact) mass is 475 g/mol. The van der Waals surface area contributed by atoms with Crippen molar-refractivity contribution < 1.29 is 23.0 Å². The predicted molar refractivity (Wildman–Crippen MR) is 121 cm³/mol. The zero-order valence-electron chi connectivity index (χ0n) is 19.7. The molecule has 0 spiro atoms. The molecule has 2 aliphatic carbocycles. The van der Waals surface area contributed by atoms with E-state index in [0.29, 0.717) is 25.7 Å². The second-order valence-corrected chi connectivity index (χ2v) is 10.2. The molecule has 1 amide bonds. The molecule has 1 aliphatic heterocycles. The van der Waals surface area contributed by atoms with Gasteiger partial charge in [-0.2, -0.15) is 0 Å². The van der Waals surface area contributed by atoms with Gasteiger partial charge in [-0.1, -0.05) is 6.92 Å². The highest BCUT2D eigenvalue weighted by Gasteiger charge is 2.51. The molecule has 9 heteroatoms. The third kappa shape index (κ3) is 4.35. The molecule has 2 saturated carbocycles. The minimum atomic E-state index is -3.54. The highest BCUT2D eigenvalue weighted by atomic mass is 19.3. The number of hydrogen-bond acceptors (Lipinski definition) is 5. The molecule has 0 aromatic carbocycles. The Balaban J connectivity index is 1.30. The van der Waals surface area contributed by atoms with Gasteiger partial charge in [-0.05, 0) is 69.4 Å². The maximum atomic E-state index is 13.4. The van der Waals surface area contributed by atoms with Crippen LogP contribution >= 0.6 is 0 Å². The van der Waals surface area contributed by atoms with Crippen LogP contribution in [0.5, 0.6) is 0 Å². The molecule has 184 valence electrons. The zero-order chi connectivity index (χ0) is 24.2. The highest BCUT2D eigenvalue weighted by Crippen LogP contribution is 2.41. The lowest BCUT2D eigenvalue weighted by molar-refractivity contribution is -0.351. The molecule has 5 rings (SSSR count). The first-order valence-corrected chi connectivity index (χ1v) is 12.1. The van der Waals surface area contributed by atoms with E-state index in [9.17, 15) is 18.4 Å². The number of aromatic nitrogens is 2. The first kappa shape index (κ1) is 23.4. The molecular formula is C25H31F2N3O4. The molecule has 3 aliphatic rings. The number of amides is 1. The molecule has 7 nitrogen and oxygen atoms in total. The lowest BCUT2D eigenvalue weighted by Gasteiger charge is -2.35. The van der Waals surface area contributed by atoms with Gasteiger partial charge >= 0.3 is 6.29 Å². The molecule has 2 aromatic rings. The number of aryl methyl sites for hydroxylation is 2. The Morgan fingerprint density at radius 1 is 1.15 bits per heavy atom. The summed E-state index contributed by atoms with van der Waals surface area (Å²) >= 11 is 0. The first-order valence-electron chi connectivity index (χ1n) is 12.1. The van der Waals surface area contributed by atoms with Crippen LogP contribution in [0.2, 0.25) is 0 Å². The Kier molecular flexibility index (Phi) is 5.96. The highest BCUT2D eigenvalue weighted by molar-refractivity contribution is 5.80. The van der Waals surface area contributed by atoms with Gasteiger partial charge in [0, 0.05) is 41.8 Å². The van der Waals surface area contributed by atoms with Gasteiger partial charge in [0.1, 0.15) is 0 Å². The number of halogens is 2. The first-order chi connectivity index (χ1) is 16.1. The number of carbonyl (C=O) groups is 1. The summed E-state index contributed by atoms with van der Waals surface area (Å²) in [5.74, 6) is -0.0530. The van der Waals surface area contributed by atoms with Crippen LogP contribution < -0.4 is 10.9 Å². The molecule has 1 saturated heterocycles. The molecular weight excluding hydrogens is 444 g/mol. The van der Waals surface area contributed by atoms with E-state index in [1.165, 1.54) is 0 Å². The van der Waals surface area contributed by atoms with Gasteiger partial charge in [-0.15, -0.1) is 8.78 Å². The lowest BCUT2D eigenvalue weighted by atomic mass is 9.71. The van der Waals surface area contributed by atoms with Crippen molar-refractivity contribution in [2.75, 3.05) is 0 Å². The summed E-state index contributed by atoms with van der Waals surface area (Å²) in [5, 5.41) is 3.98. The van der Waals surface area contributed by atoms with Gasteiger partial charge < -0.3 is 9.88 Å². The number of hydrogen-bond donors (Lipinski definition) is 1. The quantitative estimate of drug-likeness (QED) is 0.731.